The zero-order valence-corrected chi connectivity index (χ0v) is 16.3. The summed E-state index contributed by atoms with van der Waals surface area (Å²) in [4.78, 5) is 22.3. The van der Waals surface area contributed by atoms with E-state index in [0.29, 0.717) is 29.8 Å². The molecular formula is C22H22N4O3. The molecule has 2 aromatic carbocycles. The molecule has 0 radical (unpaired) electrons. The number of nitrogen functional groups attached to an aromatic ring is 1. The highest BCUT2D eigenvalue weighted by atomic mass is 16.6. The van der Waals surface area contributed by atoms with Crippen LogP contribution in [-0.2, 0) is 16.0 Å². The van der Waals surface area contributed by atoms with Crippen LogP contribution in [0, 0.1) is 0 Å². The molecule has 0 saturated carbocycles. The third-order valence-electron chi connectivity index (χ3n) is 4.69. The smallest absolute Gasteiger partial charge is 0.344 e. The molecule has 1 atom stereocenters. The predicted molar refractivity (Wildman–Crippen MR) is 112 cm³/mol. The number of carbonyl (C=O) groups is 1. The van der Waals surface area contributed by atoms with Crippen molar-refractivity contribution in [3.05, 3.63) is 65.7 Å². The average Bonchev–Trinajstić information content (AvgIpc) is 2.98. The van der Waals surface area contributed by atoms with Crippen LogP contribution in [0.5, 0.6) is 0 Å². The van der Waals surface area contributed by atoms with Crippen molar-refractivity contribution in [2.24, 2.45) is 0 Å². The molecule has 2 aromatic heterocycles. The zero-order valence-electron chi connectivity index (χ0n) is 16.3. The van der Waals surface area contributed by atoms with E-state index in [0.717, 1.165) is 11.1 Å². The van der Waals surface area contributed by atoms with E-state index in [-0.39, 0.29) is 11.4 Å². The summed E-state index contributed by atoms with van der Waals surface area (Å²) >= 11 is 0. The maximum absolute atomic E-state index is 12.9. The number of nitrogens with zero attached hydrogens (tertiary/aromatic N) is 3. The van der Waals surface area contributed by atoms with E-state index in [9.17, 15) is 4.79 Å². The van der Waals surface area contributed by atoms with Gasteiger partial charge in [0.25, 0.3) is 0 Å². The molecule has 2 heterocycles. The molecule has 148 valence electrons. The second-order valence-electron chi connectivity index (χ2n) is 6.89. The highest BCUT2D eigenvalue weighted by Crippen LogP contribution is 2.29. The van der Waals surface area contributed by atoms with Gasteiger partial charge in [-0.2, -0.15) is 0 Å². The fourth-order valence-corrected chi connectivity index (χ4v) is 3.35. The molecule has 0 bridgehead atoms. The minimum atomic E-state index is -0.534. The van der Waals surface area contributed by atoms with Crippen LogP contribution in [0.25, 0.3) is 22.2 Å². The van der Waals surface area contributed by atoms with Crippen molar-refractivity contribution in [1.29, 1.82) is 0 Å². The largest absolute Gasteiger partial charge is 0.456 e. The fourth-order valence-electron chi connectivity index (χ4n) is 3.35. The van der Waals surface area contributed by atoms with Gasteiger partial charge in [0.1, 0.15) is 23.0 Å². The van der Waals surface area contributed by atoms with Crippen molar-refractivity contribution in [3.8, 4) is 0 Å². The van der Waals surface area contributed by atoms with E-state index in [2.05, 4.69) is 4.98 Å². The number of benzene rings is 2. The number of anilines is 1. The van der Waals surface area contributed by atoms with Crippen LogP contribution in [0.15, 0.2) is 54.6 Å². The van der Waals surface area contributed by atoms with Gasteiger partial charge in [-0.25, -0.2) is 14.8 Å². The quantitative estimate of drug-likeness (QED) is 0.507. The molecule has 0 aliphatic rings. The van der Waals surface area contributed by atoms with E-state index in [1.165, 1.54) is 0 Å². The number of rotatable bonds is 6. The van der Waals surface area contributed by atoms with Crippen molar-refractivity contribution >= 4 is 34.0 Å². The molecule has 7 nitrogen and oxygen atoms in total. The first-order chi connectivity index (χ1) is 14.1. The van der Waals surface area contributed by atoms with Gasteiger partial charge in [-0.1, -0.05) is 42.5 Å². The van der Waals surface area contributed by atoms with Gasteiger partial charge in [-0.3, -0.25) is 0 Å². The number of esters is 1. The van der Waals surface area contributed by atoms with Gasteiger partial charge in [-0.15, -0.1) is 0 Å². The molecule has 7 heteroatoms. The van der Waals surface area contributed by atoms with Crippen LogP contribution in [0.1, 0.15) is 22.8 Å². The molecule has 0 fully saturated rings. The Morgan fingerprint density at radius 3 is 2.41 bits per heavy atom. The Morgan fingerprint density at radius 1 is 1.07 bits per heavy atom. The Hall–Kier alpha value is -3.45. The Morgan fingerprint density at radius 2 is 1.72 bits per heavy atom. The monoisotopic (exact) mass is 390 g/mol. The molecule has 0 aliphatic heterocycles. The first kappa shape index (κ1) is 18.9. The second-order valence-corrected chi connectivity index (χ2v) is 6.89. The summed E-state index contributed by atoms with van der Waals surface area (Å²) < 4.78 is 12.4. The van der Waals surface area contributed by atoms with Crippen LogP contribution >= 0.6 is 0 Å². The lowest BCUT2D eigenvalue weighted by Gasteiger charge is -2.12. The van der Waals surface area contributed by atoms with Crippen molar-refractivity contribution < 1.29 is 14.3 Å². The van der Waals surface area contributed by atoms with Crippen LogP contribution in [0.4, 0.5) is 5.82 Å². The van der Waals surface area contributed by atoms with Crippen LogP contribution < -0.4 is 5.73 Å². The van der Waals surface area contributed by atoms with Gasteiger partial charge in [-0.05, 0) is 24.6 Å². The summed E-state index contributed by atoms with van der Waals surface area (Å²) in [6.45, 7) is 2.53. The number of hydrogen-bond acceptors (Lipinski definition) is 6. The third kappa shape index (κ3) is 3.64. The lowest BCUT2D eigenvalue weighted by molar-refractivity contribution is 0.0123. The number of carbonyl (C=O) groups excluding carboxylic acids is 1. The van der Waals surface area contributed by atoms with Gasteiger partial charge in [0.15, 0.2) is 5.65 Å². The Balaban J connectivity index is 1.88. The molecule has 0 saturated heterocycles. The number of hydrogen-bond donors (Lipinski definition) is 1. The number of methoxy groups -OCH3 is 1. The molecule has 4 rings (SSSR count). The first-order valence-electron chi connectivity index (χ1n) is 9.36. The summed E-state index contributed by atoms with van der Waals surface area (Å²) in [5, 5.41) is 0. The number of aromatic nitrogens is 3. The number of ether oxygens (including phenoxy) is 2. The maximum Gasteiger partial charge on any atom is 0.344 e. The number of para-hydroxylation sites is 2. The summed E-state index contributed by atoms with van der Waals surface area (Å²) in [5.74, 6) is -0.248. The third-order valence-corrected chi connectivity index (χ3v) is 4.69. The van der Waals surface area contributed by atoms with E-state index < -0.39 is 12.1 Å². The molecule has 2 N–H and O–H groups in total. The Bertz CT molecular complexity index is 1170. The lowest BCUT2D eigenvalue weighted by Crippen LogP contribution is -2.20. The van der Waals surface area contributed by atoms with Gasteiger partial charge >= 0.3 is 5.97 Å². The summed E-state index contributed by atoms with van der Waals surface area (Å²) in [5.41, 5.74) is 10.1. The fraction of sp³-hybridized carbons (Fsp3) is 0.227. The predicted octanol–water partition coefficient (Wildman–Crippen LogP) is 3.41. The standard InChI is InChI=1S/C22H22N4O3/c1-14(13-28-2)29-22(27)18-19-21(25-17-11-7-6-10-16(17)24-19)26(20(18)23)12-15-8-4-3-5-9-15/h3-11,14H,12-13,23H2,1-2H3/t14-/m1/s1. The van der Waals surface area contributed by atoms with Crippen LogP contribution in [0.3, 0.4) is 0 Å². The Kier molecular flexibility index (Phi) is 5.14. The molecule has 0 amide bonds. The second kappa shape index (κ2) is 7.89. The van der Waals surface area contributed by atoms with Crippen molar-refractivity contribution in [2.75, 3.05) is 19.5 Å². The van der Waals surface area contributed by atoms with E-state index in [1.54, 1.807) is 14.0 Å². The van der Waals surface area contributed by atoms with Gasteiger partial charge < -0.3 is 19.8 Å². The van der Waals surface area contributed by atoms with Crippen LogP contribution in [0.2, 0.25) is 0 Å². The maximum atomic E-state index is 12.9. The summed E-state index contributed by atoms with van der Waals surface area (Å²) in [7, 11) is 1.56. The van der Waals surface area contributed by atoms with E-state index in [1.807, 2.05) is 59.2 Å². The van der Waals surface area contributed by atoms with Gasteiger partial charge in [0.05, 0.1) is 24.2 Å². The van der Waals surface area contributed by atoms with Gasteiger partial charge in [0.2, 0.25) is 0 Å². The van der Waals surface area contributed by atoms with E-state index in [4.69, 9.17) is 20.2 Å². The molecule has 0 aliphatic carbocycles. The van der Waals surface area contributed by atoms with Gasteiger partial charge in [0, 0.05) is 7.11 Å². The van der Waals surface area contributed by atoms with Crippen LogP contribution in [-0.4, -0.2) is 40.3 Å². The van der Waals surface area contributed by atoms with E-state index >= 15 is 0 Å². The molecule has 29 heavy (non-hydrogen) atoms. The normalized spacial score (nSPS) is 12.3. The highest BCUT2D eigenvalue weighted by Gasteiger charge is 2.26. The first-order valence-corrected chi connectivity index (χ1v) is 9.36. The number of fused-ring (bicyclic) bond motifs is 2. The van der Waals surface area contributed by atoms with Crippen molar-refractivity contribution in [1.82, 2.24) is 14.5 Å². The molecule has 4 aromatic rings. The minimum Gasteiger partial charge on any atom is -0.456 e. The SMILES string of the molecule is COC[C@@H](C)OC(=O)c1c(N)n(Cc2ccccc2)c2nc3ccccc3nc12. The zero-order chi connectivity index (χ0) is 20.4. The highest BCUT2D eigenvalue weighted by molar-refractivity contribution is 6.08. The summed E-state index contributed by atoms with van der Waals surface area (Å²) in [6, 6.07) is 17.4. The number of nitrogens with two attached hydrogens (primary N) is 1. The molecule has 0 spiro atoms. The Labute approximate surface area is 168 Å². The lowest BCUT2D eigenvalue weighted by atomic mass is 10.2. The average molecular weight is 390 g/mol. The van der Waals surface area contributed by atoms with Crippen molar-refractivity contribution in [2.45, 2.75) is 19.6 Å². The minimum absolute atomic E-state index is 0.233. The topological polar surface area (TPSA) is 92.3 Å². The van der Waals surface area contributed by atoms with Crippen molar-refractivity contribution in [3.63, 3.8) is 0 Å². The molecular weight excluding hydrogens is 368 g/mol. The summed E-state index contributed by atoms with van der Waals surface area (Å²) in [6.07, 6.45) is -0.409. The molecule has 0 unspecified atom stereocenters.